The number of hydrogen-bond acceptors (Lipinski definition) is 5. The van der Waals surface area contributed by atoms with Gasteiger partial charge in [-0.3, -0.25) is 4.79 Å². The molecule has 236 valence electrons. The number of aromatic nitrogens is 2. The van der Waals surface area contributed by atoms with E-state index in [1.807, 2.05) is 97.2 Å². The van der Waals surface area contributed by atoms with Crippen molar-refractivity contribution in [2.75, 3.05) is 10.8 Å². The number of rotatable bonds is 10. The number of hydrazone groups is 1. The van der Waals surface area contributed by atoms with Gasteiger partial charge in [0.15, 0.2) is 0 Å². The Balaban J connectivity index is 1.27. The van der Waals surface area contributed by atoms with E-state index in [1.54, 1.807) is 34.6 Å². The van der Waals surface area contributed by atoms with E-state index in [9.17, 15) is 9.18 Å². The molecule has 0 saturated heterocycles. The van der Waals surface area contributed by atoms with Crippen LogP contribution in [0.4, 0.5) is 10.1 Å². The van der Waals surface area contributed by atoms with Crippen molar-refractivity contribution in [1.82, 2.24) is 9.78 Å². The predicted octanol–water partition coefficient (Wildman–Crippen LogP) is 9.14. The lowest BCUT2D eigenvalue weighted by molar-refractivity contribution is -0.114. The van der Waals surface area contributed by atoms with E-state index >= 15 is 0 Å². The summed E-state index contributed by atoms with van der Waals surface area (Å²) in [4.78, 5) is 15.2. The van der Waals surface area contributed by atoms with E-state index < -0.39 is 0 Å². The number of carbonyl (C=O) groups is 1. The summed E-state index contributed by atoms with van der Waals surface area (Å²) in [5.74, 6) is 0.562. The minimum absolute atomic E-state index is 0.0911. The molecule has 0 saturated carbocycles. The molecule has 0 fully saturated rings. The van der Waals surface area contributed by atoms with Crippen molar-refractivity contribution in [3.05, 3.63) is 168 Å². The molecule has 0 atom stereocenters. The summed E-state index contributed by atoms with van der Waals surface area (Å²) >= 11 is 1.63. The highest BCUT2D eigenvalue weighted by atomic mass is 32.2. The van der Waals surface area contributed by atoms with Gasteiger partial charge in [-0.15, -0.1) is 11.8 Å². The van der Waals surface area contributed by atoms with E-state index in [1.165, 1.54) is 16.6 Å². The Hall–Kier alpha value is -5.73. The molecule has 0 unspecified atom stereocenters. The van der Waals surface area contributed by atoms with Crippen molar-refractivity contribution < 1.29 is 13.9 Å². The Morgan fingerprint density at radius 2 is 1.52 bits per heavy atom. The first-order valence-electron chi connectivity index (χ1n) is 15.5. The molecule has 8 heteroatoms. The van der Waals surface area contributed by atoms with Crippen molar-refractivity contribution in [1.29, 1.82) is 0 Å². The molecule has 48 heavy (non-hydrogen) atoms. The number of thioether (sulfide) groups is 1. The Morgan fingerprint density at radius 1 is 0.812 bits per heavy atom. The quantitative estimate of drug-likeness (QED) is 0.110. The molecule has 1 amide bonds. The third-order valence-corrected chi connectivity index (χ3v) is 8.90. The van der Waals surface area contributed by atoms with Crippen LogP contribution in [0.2, 0.25) is 0 Å². The molecule has 6 nitrogen and oxygen atoms in total. The SMILES string of the molecule is Cc1ccc(SCC2=NN(c3ccccc3)C(=O)/C2=C\c2cn(-c3ccccc3)nc2-c2cccc(OCc3ccccc3F)c2)cc1. The number of carbonyl (C=O) groups excluding carboxylic acids is 1. The van der Waals surface area contributed by atoms with Crippen LogP contribution in [0.15, 0.2) is 155 Å². The molecule has 5 aromatic carbocycles. The Bertz CT molecular complexity index is 2130. The largest absolute Gasteiger partial charge is 0.489 e. The lowest BCUT2D eigenvalue weighted by Gasteiger charge is -2.11. The number of aryl methyl sites for hydroxylation is 1. The standard InChI is InChI=1S/C40H31FN4O2S/c1-28-19-21-35(22-20-28)48-27-38-36(40(46)45(42-38)33-15-6-3-7-16-33)24-31-25-44(32-13-4-2-5-14-32)43-39(31)29-12-10-17-34(23-29)47-26-30-11-8-9-18-37(30)41/h2-25H,26-27H2,1H3/b36-24-. The van der Waals surface area contributed by atoms with Crippen molar-refractivity contribution in [3.63, 3.8) is 0 Å². The van der Waals surface area contributed by atoms with E-state index in [0.29, 0.717) is 39.7 Å². The number of anilines is 1. The molecule has 0 bridgehead atoms. The van der Waals surface area contributed by atoms with Crippen molar-refractivity contribution in [2.45, 2.75) is 18.4 Å². The van der Waals surface area contributed by atoms with Gasteiger partial charge in [0, 0.05) is 33.5 Å². The van der Waals surface area contributed by atoms with Crippen LogP contribution in [0.1, 0.15) is 16.7 Å². The zero-order chi connectivity index (χ0) is 32.9. The Morgan fingerprint density at radius 3 is 2.27 bits per heavy atom. The lowest BCUT2D eigenvalue weighted by atomic mass is 10.0. The molecule has 1 aliphatic rings. The summed E-state index contributed by atoms with van der Waals surface area (Å²) in [7, 11) is 0. The van der Waals surface area contributed by atoms with Crippen LogP contribution in [0.25, 0.3) is 23.0 Å². The van der Waals surface area contributed by atoms with Gasteiger partial charge in [-0.25, -0.2) is 9.07 Å². The molecule has 0 radical (unpaired) electrons. The average molecular weight is 651 g/mol. The fraction of sp³-hybridized carbons (Fsp3) is 0.0750. The van der Waals surface area contributed by atoms with Crippen LogP contribution in [-0.4, -0.2) is 27.2 Å². The number of benzene rings is 5. The molecular weight excluding hydrogens is 620 g/mol. The average Bonchev–Trinajstić information content (AvgIpc) is 3.69. The zero-order valence-corrected chi connectivity index (χ0v) is 27.0. The second-order valence-electron chi connectivity index (χ2n) is 11.3. The number of para-hydroxylation sites is 2. The maximum absolute atomic E-state index is 14.3. The molecule has 1 aliphatic heterocycles. The monoisotopic (exact) mass is 650 g/mol. The maximum Gasteiger partial charge on any atom is 0.280 e. The first-order chi connectivity index (χ1) is 23.5. The summed E-state index contributed by atoms with van der Waals surface area (Å²) < 4.78 is 22.1. The van der Waals surface area contributed by atoms with E-state index in [2.05, 4.69) is 31.2 Å². The fourth-order valence-electron chi connectivity index (χ4n) is 5.34. The second-order valence-corrected chi connectivity index (χ2v) is 12.3. The summed E-state index contributed by atoms with van der Waals surface area (Å²) in [6.45, 7) is 2.15. The molecular formula is C40H31FN4O2S. The van der Waals surface area contributed by atoms with E-state index in [-0.39, 0.29) is 18.3 Å². The number of amides is 1. The number of hydrogen-bond donors (Lipinski definition) is 0. The van der Waals surface area contributed by atoms with Gasteiger partial charge in [0.2, 0.25) is 0 Å². The van der Waals surface area contributed by atoms with Gasteiger partial charge in [0.1, 0.15) is 23.9 Å². The molecule has 7 rings (SSSR count). The van der Waals surface area contributed by atoms with E-state index in [4.69, 9.17) is 14.9 Å². The van der Waals surface area contributed by atoms with Crippen LogP contribution in [0, 0.1) is 12.7 Å². The minimum atomic E-state index is -0.312. The molecule has 0 N–H and O–H groups in total. The molecule has 0 spiro atoms. The topological polar surface area (TPSA) is 59.7 Å². The van der Waals surface area contributed by atoms with Gasteiger partial charge in [-0.1, -0.05) is 84.4 Å². The normalized spacial score (nSPS) is 13.6. The minimum Gasteiger partial charge on any atom is -0.489 e. The van der Waals surface area contributed by atoms with Crippen LogP contribution in [0.3, 0.4) is 0 Å². The second kappa shape index (κ2) is 13.9. The molecule has 2 heterocycles. The van der Waals surface area contributed by atoms with E-state index in [0.717, 1.165) is 21.7 Å². The van der Waals surface area contributed by atoms with Crippen LogP contribution in [-0.2, 0) is 11.4 Å². The van der Waals surface area contributed by atoms with Crippen LogP contribution in [0.5, 0.6) is 5.75 Å². The van der Waals surface area contributed by atoms with Gasteiger partial charge in [-0.2, -0.15) is 15.2 Å². The lowest BCUT2D eigenvalue weighted by Crippen LogP contribution is -2.21. The van der Waals surface area contributed by atoms with Gasteiger partial charge in [0.05, 0.1) is 22.7 Å². The number of ether oxygens (including phenoxy) is 1. The Kier molecular flexibility index (Phi) is 8.98. The third kappa shape index (κ3) is 6.84. The van der Waals surface area contributed by atoms with Gasteiger partial charge in [0.25, 0.3) is 5.91 Å². The third-order valence-electron chi connectivity index (χ3n) is 7.87. The summed E-state index contributed by atoms with van der Waals surface area (Å²) in [5.41, 5.74) is 6.62. The zero-order valence-electron chi connectivity index (χ0n) is 26.2. The first kappa shape index (κ1) is 30.9. The smallest absolute Gasteiger partial charge is 0.280 e. The first-order valence-corrected chi connectivity index (χ1v) is 16.5. The van der Waals surface area contributed by atoms with Crippen LogP contribution < -0.4 is 9.75 Å². The van der Waals surface area contributed by atoms with Crippen molar-refractivity contribution >= 4 is 35.1 Å². The number of halogens is 1. The fourth-order valence-corrected chi connectivity index (χ4v) is 6.18. The van der Waals surface area contributed by atoms with Gasteiger partial charge < -0.3 is 4.74 Å². The van der Waals surface area contributed by atoms with Crippen molar-refractivity contribution in [2.24, 2.45) is 5.10 Å². The summed E-state index contributed by atoms with van der Waals surface area (Å²) in [6, 6.07) is 41.7. The highest BCUT2D eigenvalue weighted by molar-refractivity contribution is 8.00. The highest BCUT2D eigenvalue weighted by Crippen LogP contribution is 2.33. The van der Waals surface area contributed by atoms with Crippen molar-refractivity contribution in [3.8, 4) is 22.7 Å². The maximum atomic E-state index is 14.3. The highest BCUT2D eigenvalue weighted by Gasteiger charge is 2.31. The van der Waals surface area contributed by atoms with Gasteiger partial charge >= 0.3 is 0 Å². The summed E-state index contributed by atoms with van der Waals surface area (Å²) in [5, 5.41) is 11.3. The predicted molar refractivity (Wildman–Crippen MR) is 191 cm³/mol. The molecule has 1 aromatic heterocycles. The van der Waals surface area contributed by atoms with Gasteiger partial charge in [-0.05, 0) is 67.6 Å². The molecule has 0 aliphatic carbocycles. The Labute approximate surface area is 282 Å². The van der Waals surface area contributed by atoms with Crippen LogP contribution >= 0.6 is 11.8 Å². The number of nitrogens with zero attached hydrogens (tertiary/aromatic N) is 4. The molecule has 6 aromatic rings. The summed E-state index contributed by atoms with van der Waals surface area (Å²) in [6.07, 6.45) is 3.81.